The van der Waals surface area contributed by atoms with Gasteiger partial charge < -0.3 is 39.4 Å². The summed E-state index contributed by atoms with van der Waals surface area (Å²) in [5.74, 6) is -0.809. The van der Waals surface area contributed by atoms with Gasteiger partial charge in [0.2, 0.25) is 0 Å². The van der Waals surface area contributed by atoms with Crippen LogP contribution in [-0.4, -0.2) is 89.0 Å². The third-order valence-corrected chi connectivity index (χ3v) is 10.2. The van der Waals surface area contributed by atoms with Crippen LogP contribution in [0.1, 0.15) is 194 Å². The van der Waals surface area contributed by atoms with Gasteiger partial charge in [-0.3, -0.25) is 9.59 Å². The lowest BCUT2D eigenvalue weighted by atomic mass is 9.99. The minimum atomic E-state index is -1.59. The lowest BCUT2D eigenvalue weighted by molar-refractivity contribution is -0.305. The van der Waals surface area contributed by atoms with Crippen LogP contribution in [0.4, 0.5) is 0 Å². The lowest BCUT2D eigenvalue weighted by Crippen LogP contribution is -2.59. The van der Waals surface area contributed by atoms with Crippen LogP contribution in [0, 0.1) is 0 Å². The molecule has 0 aromatic heterocycles. The topological polar surface area (TPSA) is 152 Å². The maximum Gasteiger partial charge on any atom is 0.306 e. The summed E-state index contributed by atoms with van der Waals surface area (Å²) in [6, 6.07) is 0. The smallest absolute Gasteiger partial charge is 0.306 e. The standard InChI is InChI=1S/C43H80O10/c1-3-5-7-9-11-13-15-17-18-20-22-24-26-28-30-32-39(46)52-36(35-51-43-42(49)41(48)40(47)37(33-44)53-43)34-50-38(45)31-29-27-25-23-21-19-16-14-12-10-8-6-4-2/h17-18,36-37,40-44,47-49H,3-16,19-35H2,1-2H3/b18-17-/t36-,37-,40-,41?,42?,43-/m1/s1. The van der Waals surface area contributed by atoms with E-state index in [0.717, 1.165) is 51.4 Å². The first-order valence-electron chi connectivity index (χ1n) is 21.8. The Labute approximate surface area is 322 Å². The fourth-order valence-electron chi connectivity index (χ4n) is 6.65. The van der Waals surface area contributed by atoms with Gasteiger partial charge >= 0.3 is 11.9 Å². The van der Waals surface area contributed by atoms with Crippen molar-refractivity contribution in [1.82, 2.24) is 0 Å². The summed E-state index contributed by atoms with van der Waals surface area (Å²) in [6.45, 7) is 3.41. The summed E-state index contributed by atoms with van der Waals surface area (Å²) in [7, 11) is 0. The molecular weight excluding hydrogens is 676 g/mol. The predicted molar refractivity (Wildman–Crippen MR) is 210 cm³/mol. The molecule has 1 fully saturated rings. The molecule has 0 bridgehead atoms. The highest BCUT2D eigenvalue weighted by atomic mass is 16.7. The molecule has 6 atom stereocenters. The van der Waals surface area contributed by atoms with Crippen molar-refractivity contribution in [2.75, 3.05) is 19.8 Å². The summed E-state index contributed by atoms with van der Waals surface area (Å²) >= 11 is 0. The molecule has 53 heavy (non-hydrogen) atoms. The monoisotopic (exact) mass is 757 g/mol. The minimum Gasteiger partial charge on any atom is -0.462 e. The molecule has 312 valence electrons. The molecule has 0 spiro atoms. The summed E-state index contributed by atoms with van der Waals surface area (Å²) in [6.07, 6.45) is 27.9. The van der Waals surface area contributed by atoms with Crippen molar-refractivity contribution in [3.63, 3.8) is 0 Å². The van der Waals surface area contributed by atoms with Crippen molar-refractivity contribution in [3.8, 4) is 0 Å². The third kappa shape index (κ3) is 26.8. The van der Waals surface area contributed by atoms with Crippen LogP contribution < -0.4 is 0 Å². The first-order valence-corrected chi connectivity index (χ1v) is 21.8. The number of esters is 2. The van der Waals surface area contributed by atoms with Gasteiger partial charge in [-0.25, -0.2) is 0 Å². The zero-order valence-corrected chi connectivity index (χ0v) is 33.8. The van der Waals surface area contributed by atoms with Crippen LogP contribution in [0.5, 0.6) is 0 Å². The van der Waals surface area contributed by atoms with Crippen molar-refractivity contribution >= 4 is 11.9 Å². The molecule has 0 radical (unpaired) electrons. The second kappa shape index (κ2) is 34.9. The van der Waals surface area contributed by atoms with Crippen molar-refractivity contribution < 1.29 is 49.0 Å². The maximum absolute atomic E-state index is 12.7. The molecule has 0 amide bonds. The average Bonchev–Trinajstić information content (AvgIpc) is 3.15. The molecule has 1 aliphatic heterocycles. The number of carbonyl (C=O) groups excluding carboxylic acids is 2. The van der Waals surface area contributed by atoms with Gasteiger partial charge in [0.15, 0.2) is 12.4 Å². The van der Waals surface area contributed by atoms with Crippen LogP contribution in [0.15, 0.2) is 12.2 Å². The van der Waals surface area contributed by atoms with E-state index in [-0.39, 0.29) is 32.0 Å². The predicted octanol–water partition coefficient (Wildman–Crippen LogP) is 8.78. The molecule has 0 saturated carbocycles. The Hall–Kier alpha value is -1.56. The average molecular weight is 757 g/mol. The van der Waals surface area contributed by atoms with Crippen molar-refractivity contribution in [1.29, 1.82) is 0 Å². The first-order chi connectivity index (χ1) is 25.8. The lowest BCUT2D eigenvalue weighted by Gasteiger charge is -2.39. The van der Waals surface area contributed by atoms with Crippen LogP contribution in [0.3, 0.4) is 0 Å². The highest BCUT2D eigenvalue weighted by molar-refractivity contribution is 5.70. The molecule has 0 aromatic rings. The van der Waals surface area contributed by atoms with Crippen molar-refractivity contribution in [2.24, 2.45) is 0 Å². The van der Waals surface area contributed by atoms with E-state index in [1.807, 2.05) is 0 Å². The molecule has 0 aliphatic carbocycles. The van der Waals surface area contributed by atoms with Crippen LogP contribution in [0.2, 0.25) is 0 Å². The van der Waals surface area contributed by atoms with E-state index >= 15 is 0 Å². The van der Waals surface area contributed by atoms with Gasteiger partial charge in [0.1, 0.15) is 31.0 Å². The van der Waals surface area contributed by atoms with Gasteiger partial charge in [0.25, 0.3) is 0 Å². The molecule has 10 heteroatoms. The Bertz CT molecular complexity index is 881. The van der Waals surface area contributed by atoms with Gasteiger partial charge in [-0.1, -0.05) is 154 Å². The summed E-state index contributed by atoms with van der Waals surface area (Å²) < 4.78 is 22.1. The minimum absolute atomic E-state index is 0.215. The zero-order chi connectivity index (χ0) is 38.8. The molecule has 10 nitrogen and oxygen atoms in total. The van der Waals surface area contributed by atoms with Gasteiger partial charge in [0.05, 0.1) is 13.2 Å². The highest BCUT2D eigenvalue weighted by Crippen LogP contribution is 2.23. The van der Waals surface area contributed by atoms with Crippen LogP contribution >= 0.6 is 0 Å². The number of carbonyl (C=O) groups is 2. The number of unbranched alkanes of at least 4 members (excludes halogenated alkanes) is 23. The Morgan fingerprint density at radius 3 is 1.47 bits per heavy atom. The van der Waals surface area contributed by atoms with E-state index in [9.17, 15) is 30.0 Å². The molecule has 0 aromatic carbocycles. The molecule has 1 aliphatic rings. The van der Waals surface area contributed by atoms with E-state index < -0.39 is 49.4 Å². The SMILES string of the molecule is CCCCCCCC/C=C\CCCCCCCC(=O)O[C@H](COC(=O)CCCCCCCCCCCCCCC)CO[C@@H]1O[C@H](CO)[C@@H](O)C(O)C1O. The van der Waals surface area contributed by atoms with Crippen LogP contribution in [-0.2, 0) is 28.5 Å². The Morgan fingerprint density at radius 1 is 0.566 bits per heavy atom. The van der Waals surface area contributed by atoms with Gasteiger partial charge in [-0.2, -0.15) is 0 Å². The fraction of sp³-hybridized carbons (Fsp3) is 0.907. The van der Waals surface area contributed by atoms with E-state index in [0.29, 0.717) is 6.42 Å². The van der Waals surface area contributed by atoms with E-state index in [1.165, 1.54) is 109 Å². The molecule has 1 heterocycles. The van der Waals surface area contributed by atoms with E-state index in [2.05, 4.69) is 26.0 Å². The quantitative estimate of drug-likeness (QED) is 0.0277. The molecule has 1 rings (SSSR count). The first kappa shape index (κ1) is 49.5. The van der Waals surface area contributed by atoms with Crippen molar-refractivity contribution in [3.05, 3.63) is 12.2 Å². The number of hydrogen-bond donors (Lipinski definition) is 4. The number of aliphatic hydroxyl groups excluding tert-OH is 4. The molecular formula is C43H80O10. The highest BCUT2D eigenvalue weighted by Gasteiger charge is 2.44. The molecule has 1 saturated heterocycles. The van der Waals surface area contributed by atoms with Gasteiger partial charge in [-0.05, 0) is 38.5 Å². The number of hydrogen-bond acceptors (Lipinski definition) is 10. The second-order valence-electron chi connectivity index (χ2n) is 15.2. The van der Waals surface area contributed by atoms with E-state index in [4.69, 9.17) is 18.9 Å². The van der Waals surface area contributed by atoms with Crippen LogP contribution in [0.25, 0.3) is 0 Å². The Kier molecular flexibility index (Phi) is 32.6. The van der Waals surface area contributed by atoms with Gasteiger partial charge in [0, 0.05) is 12.8 Å². The largest absolute Gasteiger partial charge is 0.462 e. The summed E-state index contributed by atoms with van der Waals surface area (Å²) in [5, 5.41) is 40.0. The second-order valence-corrected chi connectivity index (χ2v) is 15.2. The molecule has 2 unspecified atom stereocenters. The van der Waals surface area contributed by atoms with Gasteiger partial charge in [-0.15, -0.1) is 0 Å². The Balaban J connectivity index is 2.35. The van der Waals surface area contributed by atoms with E-state index in [1.54, 1.807) is 0 Å². The fourth-order valence-corrected chi connectivity index (χ4v) is 6.65. The molecule has 4 N–H and O–H groups in total. The number of aliphatic hydroxyl groups is 4. The summed E-state index contributed by atoms with van der Waals surface area (Å²) in [5.41, 5.74) is 0. The number of allylic oxidation sites excluding steroid dienone is 2. The number of ether oxygens (including phenoxy) is 4. The maximum atomic E-state index is 12.7. The van der Waals surface area contributed by atoms with Crippen molar-refractivity contribution in [2.45, 2.75) is 230 Å². The number of rotatable bonds is 36. The Morgan fingerprint density at radius 2 is 1.00 bits per heavy atom. The normalized spacial score (nSPS) is 20.9. The zero-order valence-electron chi connectivity index (χ0n) is 33.8. The third-order valence-electron chi connectivity index (χ3n) is 10.2. The summed E-state index contributed by atoms with van der Waals surface area (Å²) in [4.78, 5) is 25.3.